The molecule has 0 saturated carbocycles. The largest absolute Gasteiger partial charge is 0.504 e. The molecule has 3 aromatic rings. The lowest BCUT2D eigenvalue weighted by Gasteiger charge is -2.44. The summed E-state index contributed by atoms with van der Waals surface area (Å²) in [5.74, 6) is -5.56. The zero-order valence-electron chi connectivity index (χ0n) is 28.6. The minimum Gasteiger partial charge on any atom is -0.504 e. The lowest BCUT2D eigenvalue weighted by atomic mass is 9.98. The minimum absolute atomic E-state index is 0.0198. The van der Waals surface area contributed by atoms with E-state index < -0.39 is 63.9 Å². The summed E-state index contributed by atoms with van der Waals surface area (Å²) in [5.41, 5.74) is 4.18. The summed E-state index contributed by atoms with van der Waals surface area (Å²) < 4.78 is 39.1. The Labute approximate surface area is 315 Å². The molecule has 2 aliphatic heterocycles. The van der Waals surface area contributed by atoms with Gasteiger partial charge in [0.1, 0.15) is 11.7 Å². The van der Waals surface area contributed by atoms with E-state index in [0.29, 0.717) is 37.4 Å². The lowest BCUT2D eigenvalue weighted by Crippen LogP contribution is -2.74. The summed E-state index contributed by atoms with van der Waals surface area (Å²) >= 11 is 7.00. The number of nitrogens with two attached hydrogens (primary N) is 1. The number of aliphatic carboxylic acids is 1. The maximum atomic E-state index is 13.3. The van der Waals surface area contributed by atoms with Gasteiger partial charge in [0.15, 0.2) is 22.3 Å². The quantitative estimate of drug-likeness (QED) is 0.0233. The smallest absolute Gasteiger partial charge is 0.362 e. The number of halogens is 1. The highest BCUT2D eigenvalue weighted by atomic mass is 35.5. The number of phenolic OH excluding ortho intramolecular Hbond substituents is 2. The zero-order valence-corrected chi connectivity index (χ0v) is 30.9. The monoisotopic (exact) mass is 813 g/mol. The van der Waals surface area contributed by atoms with Crippen molar-refractivity contribution in [3.05, 3.63) is 51.3 Å². The van der Waals surface area contributed by atoms with Gasteiger partial charge in [-0.05, 0) is 38.4 Å². The number of hydrogen-bond acceptors (Lipinski definition) is 17. The van der Waals surface area contributed by atoms with Crippen LogP contribution < -0.4 is 21.7 Å². The summed E-state index contributed by atoms with van der Waals surface area (Å²) in [7, 11) is -5.13. The number of carboxylic acids is 1. The van der Waals surface area contributed by atoms with Crippen molar-refractivity contribution in [2.45, 2.75) is 50.4 Å². The first-order valence-electron chi connectivity index (χ1n) is 16.1. The number of benzene rings is 1. The third kappa shape index (κ3) is 8.99. The number of nitrogens with one attached hydrogen (secondary N) is 3. The Kier molecular flexibility index (Phi) is 12.0. The topological polar surface area (TPSA) is 312 Å². The van der Waals surface area contributed by atoms with Crippen LogP contribution in [-0.4, -0.2) is 127 Å². The van der Waals surface area contributed by atoms with E-state index in [1.54, 1.807) is 6.07 Å². The van der Waals surface area contributed by atoms with E-state index in [0.717, 1.165) is 38.1 Å². The summed E-state index contributed by atoms with van der Waals surface area (Å²) in [4.78, 5) is 61.8. The highest BCUT2D eigenvalue weighted by Gasteiger charge is 2.54. The Hall–Kier alpha value is -5.07. The van der Waals surface area contributed by atoms with Crippen molar-refractivity contribution in [2.75, 3.05) is 38.5 Å². The number of anilines is 1. The van der Waals surface area contributed by atoms with E-state index in [-0.39, 0.29) is 43.3 Å². The van der Waals surface area contributed by atoms with Gasteiger partial charge in [-0.3, -0.25) is 18.9 Å². The highest BCUT2D eigenvalue weighted by molar-refractivity contribution is 7.84. The minimum atomic E-state index is -5.13. The zero-order chi connectivity index (χ0) is 39.5. The fourth-order valence-corrected chi connectivity index (χ4v) is 7.17. The number of carbonyl (C=O) groups is 4. The summed E-state index contributed by atoms with van der Waals surface area (Å²) in [5, 5.41) is 45.7. The Balaban J connectivity index is 1.17. The number of hydrogen-bond donors (Lipinski definition) is 8. The number of aromatic hydroxyl groups is 2. The van der Waals surface area contributed by atoms with Crippen LogP contribution in [-0.2, 0) is 36.1 Å². The van der Waals surface area contributed by atoms with Crippen molar-refractivity contribution < 1.29 is 56.8 Å². The Morgan fingerprint density at radius 3 is 2.67 bits per heavy atom. The van der Waals surface area contributed by atoms with Gasteiger partial charge in [-0.25, -0.2) is 14.1 Å². The second-order valence-corrected chi connectivity index (χ2v) is 15.3. The van der Waals surface area contributed by atoms with Crippen LogP contribution in [0.3, 0.4) is 0 Å². The van der Waals surface area contributed by atoms with Crippen LogP contribution in [0.1, 0.15) is 53.7 Å². The van der Waals surface area contributed by atoms with Crippen molar-refractivity contribution in [2.24, 2.45) is 5.16 Å². The molecule has 0 aliphatic carbocycles. The SMILES string of the molecule is CC(C)(O/N=C(\C(=O)NC1C(=O)N(S(=O)(=O)O)C1CNC(=O)c1cc(C2CCN(CCNCc3ccc(O)c(O)c3Cl)C2)no1)c1csc(N)n1)C(=O)O. The molecule has 3 atom stereocenters. The first-order valence-corrected chi connectivity index (χ1v) is 18.7. The molecule has 0 spiro atoms. The number of rotatable bonds is 16. The molecule has 292 valence electrons. The third-order valence-electron chi connectivity index (χ3n) is 8.57. The van der Waals surface area contributed by atoms with E-state index in [4.69, 9.17) is 26.7 Å². The van der Waals surface area contributed by atoms with Crippen molar-refractivity contribution in [3.8, 4) is 11.5 Å². The molecule has 3 unspecified atom stereocenters. The molecule has 3 amide bonds. The molecule has 9 N–H and O–H groups in total. The van der Waals surface area contributed by atoms with Crippen LogP contribution in [0.5, 0.6) is 11.5 Å². The Bertz CT molecular complexity index is 2070. The normalized spacial score (nSPS) is 19.4. The van der Waals surface area contributed by atoms with Crippen LogP contribution >= 0.6 is 22.9 Å². The predicted octanol–water partition coefficient (Wildman–Crippen LogP) is -0.131. The number of aromatic nitrogens is 2. The Morgan fingerprint density at radius 2 is 2.00 bits per heavy atom. The van der Waals surface area contributed by atoms with Gasteiger partial charge in [0.25, 0.3) is 17.7 Å². The van der Waals surface area contributed by atoms with E-state index in [1.807, 2.05) is 0 Å². The molecule has 1 aromatic carbocycles. The van der Waals surface area contributed by atoms with Gasteiger partial charge in [-0.15, -0.1) is 11.3 Å². The fraction of sp³-hybridized carbons (Fsp3) is 0.433. The number of likely N-dealkylation sites (tertiary alicyclic amines) is 1. The number of amides is 3. The number of β-lactam (4-membered cyclic amide) rings is 1. The van der Waals surface area contributed by atoms with Gasteiger partial charge >= 0.3 is 16.3 Å². The van der Waals surface area contributed by atoms with Crippen LogP contribution in [0.25, 0.3) is 0 Å². The van der Waals surface area contributed by atoms with E-state index in [2.05, 4.69) is 36.1 Å². The number of carboxylic acid groups (broad SMARTS) is 1. The maximum absolute atomic E-state index is 13.3. The number of nitrogen functional groups attached to an aromatic ring is 1. The summed E-state index contributed by atoms with van der Waals surface area (Å²) in [6, 6.07) is 1.29. The molecule has 54 heavy (non-hydrogen) atoms. The molecule has 4 heterocycles. The number of thiazole rings is 1. The molecule has 2 aromatic heterocycles. The van der Waals surface area contributed by atoms with Crippen molar-refractivity contribution in [1.82, 2.24) is 35.3 Å². The average Bonchev–Trinajstić information content (AvgIpc) is 3.88. The van der Waals surface area contributed by atoms with Gasteiger partial charge < -0.3 is 51.3 Å². The van der Waals surface area contributed by atoms with Crippen LogP contribution in [0.4, 0.5) is 5.13 Å². The second-order valence-electron chi connectivity index (χ2n) is 12.7. The van der Waals surface area contributed by atoms with Crippen LogP contribution in [0.15, 0.2) is 33.3 Å². The fourth-order valence-electron chi connectivity index (χ4n) is 5.51. The summed E-state index contributed by atoms with van der Waals surface area (Å²) in [6.07, 6.45) is 0.720. The van der Waals surface area contributed by atoms with Gasteiger partial charge in [-0.1, -0.05) is 28.0 Å². The molecule has 0 radical (unpaired) electrons. The highest BCUT2D eigenvalue weighted by Crippen LogP contribution is 2.35. The number of oxime groups is 1. The first-order chi connectivity index (χ1) is 25.4. The molecule has 5 rings (SSSR count). The van der Waals surface area contributed by atoms with E-state index in [9.17, 15) is 47.5 Å². The first kappa shape index (κ1) is 40.1. The van der Waals surface area contributed by atoms with Crippen molar-refractivity contribution >= 4 is 67.8 Å². The van der Waals surface area contributed by atoms with Gasteiger partial charge in [-0.2, -0.15) is 8.42 Å². The van der Waals surface area contributed by atoms with Crippen LogP contribution in [0.2, 0.25) is 5.02 Å². The molecule has 2 saturated heterocycles. The number of phenols is 2. The molecule has 2 aliphatic rings. The Morgan fingerprint density at radius 1 is 1.26 bits per heavy atom. The van der Waals surface area contributed by atoms with Gasteiger partial charge in [0, 0.05) is 50.1 Å². The molecule has 2 fully saturated rings. The van der Waals surface area contributed by atoms with E-state index in [1.165, 1.54) is 17.5 Å². The lowest BCUT2D eigenvalue weighted by molar-refractivity contribution is -0.161. The summed E-state index contributed by atoms with van der Waals surface area (Å²) in [6.45, 7) is 4.73. The van der Waals surface area contributed by atoms with Crippen molar-refractivity contribution in [3.63, 3.8) is 0 Å². The average molecular weight is 814 g/mol. The molecule has 24 heteroatoms. The van der Waals surface area contributed by atoms with Crippen molar-refractivity contribution in [1.29, 1.82) is 0 Å². The third-order valence-corrected chi connectivity index (χ3v) is 10.6. The maximum Gasteiger partial charge on any atom is 0.362 e. The number of nitrogens with zero attached hydrogens (tertiary/aromatic N) is 5. The molecular formula is C30H36ClN9O12S2. The van der Waals surface area contributed by atoms with E-state index >= 15 is 0 Å². The molecule has 21 nitrogen and oxygen atoms in total. The molecular weight excluding hydrogens is 778 g/mol. The molecule has 0 bridgehead atoms. The standard InChI is InChI=1S/C30H36ClN9O12S2/c1-30(2,28(46)47)52-38-22(17-13-53-29(32)35-17)26(44)36-23-18(40(27(23)45)54(48,49)50)11-34-25(43)20-9-16(37-51-20)15-5-7-39(12-15)8-6-33-10-14-3-4-19(41)24(42)21(14)31/h3-4,9,13,15,18,23,33,41-42H,5-8,10-12H2,1-2H3,(H2,32,35)(H,34,43)(H,36,44)(H,46,47)(H,48,49,50)/b38-22-. The van der Waals surface area contributed by atoms with Gasteiger partial charge in [0.05, 0.1) is 16.8 Å². The number of carbonyl (C=O) groups excluding carboxylic acids is 3. The van der Waals surface area contributed by atoms with Gasteiger partial charge in [0.2, 0.25) is 11.4 Å². The predicted molar refractivity (Wildman–Crippen MR) is 189 cm³/mol. The second kappa shape index (κ2) is 16.1. The van der Waals surface area contributed by atoms with Crippen LogP contribution in [0, 0.1) is 0 Å².